The van der Waals surface area contributed by atoms with Crippen LogP contribution in [0, 0.1) is 11.3 Å². The van der Waals surface area contributed by atoms with Crippen molar-refractivity contribution in [3.05, 3.63) is 71.4 Å². The van der Waals surface area contributed by atoms with E-state index in [0.29, 0.717) is 12.1 Å². The Morgan fingerprint density at radius 3 is 2.57 bits per heavy atom. The summed E-state index contributed by atoms with van der Waals surface area (Å²) in [7, 11) is 0. The zero-order chi connectivity index (χ0) is 14.7. The minimum Gasteiger partial charge on any atom is -0.343 e. The molecule has 3 heteroatoms. The van der Waals surface area contributed by atoms with E-state index in [1.807, 2.05) is 24.3 Å². The van der Waals surface area contributed by atoms with Gasteiger partial charge in [0.1, 0.15) is 0 Å². The minimum absolute atomic E-state index is 0.654. The highest BCUT2D eigenvalue weighted by molar-refractivity contribution is 5.83. The molecular weight excluding hydrogens is 258 g/mol. The average molecular weight is 275 g/mol. The van der Waals surface area contributed by atoms with Gasteiger partial charge in [0.25, 0.3) is 0 Å². The van der Waals surface area contributed by atoms with Crippen molar-refractivity contribution in [1.29, 1.82) is 5.26 Å². The summed E-state index contributed by atoms with van der Waals surface area (Å²) in [6.07, 6.45) is 3.00. The summed E-state index contributed by atoms with van der Waals surface area (Å²) in [4.78, 5) is 0. The Morgan fingerprint density at radius 2 is 1.86 bits per heavy atom. The lowest BCUT2D eigenvalue weighted by atomic mass is 10.1. The molecule has 0 unspecified atom stereocenters. The van der Waals surface area contributed by atoms with Crippen LogP contribution in [0.15, 0.2) is 54.7 Å². The molecule has 21 heavy (non-hydrogen) atoms. The molecule has 1 heterocycles. The molecule has 0 aliphatic carbocycles. The Hall–Kier alpha value is -2.57. The van der Waals surface area contributed by atoms with Gasteiger partial charge in [-0.25, -0.2) is 0 Å². The number of benzene rings is 2. The van der Waals surface area contributed by atoms with Crippen LogP contribution in [0.2, 0.25) is 0 Å². The lowest BCUT2D eigenvalue weighted by Gasteiger charge is -2.10. The number of nitrogens with zero attached hydrogens (tertiary/aromatic N) is 2. The molecule has 3 nitrogen and oxygen atoms in total. The topological polar surface area (TPSA) is 54.7 Å². The predicted octanol–water partition coefficient (Wildman–Crippen LogP) is 3.06. The van der Waals surface area contributed by atoms with E-state index in [2.05, 4.69) is 41.1 Å². The normalized spacial score (nSPS) is 10.7. The van der Waals surface area contributed by atoms with Gasteiger partial charge in [0, 0.05) is 12.7 Å². The number of rotatable bonds is 4. The molecule has 0 bridgehead atoms. The lowest BCUT2D eigenvalue weighted by Crippen LogP contribution is -2.06. The van der Waals surface area contributed by atoms with E-state index >= 15 is 0 Å². The number of aromatic nitrogens is 1. The van der Waals surface area contributed by atoms with Crippen LogP contribution < -0.4 is 5.73 Å². The molecule has 0 amide bonds. The van der Waals surface area contributed by atoms with Crippen molar-refractivity contribution >= 4 is 10.9 Å². The first kappa shape index (κ1) is 13.4. The number of nitriles is 1. The Kier molecular flexibility index (Phi) is 3.72. The molecule has 0 saturated heterocycles. The number of nitrogens with two attached hydrogens (primary N) is 1. The first-order valence-electron chi connectivity index (χ1n) is 7.07. The molecule has 0 radical (unpaired) electrons. The molecule has 104 valence electrons. The fourth-order valence-electron chi connectivity index (χ4n) is 2.71. The Morgan fingerprint density at radius 1 is 1.05 bits per heavy atom. The molecule has 2 aromatic carbocycles. The van der Waals surface area contributed by atoms with Gasteiger partial charge in [-0.3, -0.25) is 0 Å². The van der Waals surface area contributed by atoms with Gasteiger partial charge in [0.15, 0.2) is 0 Å². The summed E-state index contributed by atoms with van der Waals surface area (Å²) in [6.45, 7) is 1.46. The maximum absolute atomic E-state index is 8.85. The van der Waals surface area contributed by atoms with E-state index in [9.17, 15) is 0 Å². The fraction of sp³-hybridized carbons (Fsp3) is 0.167. The summed E-state index contributed by atoms with van der Waals surface area (Å²) >= 11 is 0. The van der Waals surface area contributed by atoms with Crippen molar-refractivity contribution < 1.29 is 0 Å². The molecule has 0 aliphatic rings. The lowest BCUT2D eigenvalue weighted by molar-refractivity contribution is 0.828. The summed E-state index contributed by atoms with van der Waals surface area (Å²) in [5.41, 5.74) is 10.1. The largest absolute Gasteiger partial charge is 0.343 e. The minimum atomic E-state index is 0.654. The van der Waals surface area contributed by atoms with Crippen LogP contribution >= 0.6 is 0 Å². The van der Waals surface area contributed by atoms with Gasteiger partial charge in [-0.1, -0.05) is 30.3 Å². The van der Waals surface area contributed by atoms with Gasteiger partial charge in [0.2, 0.25) is 0 Å². The van der Waals surface area contributed by atoms with Crippen molar-refractivity contribution in [1.82, 2.24) is 4.57 Å². The molecular formula is C18H17N3. The third-order valence-electron chi connectivity index (χ3n) is 3.72. The molecule has 0 atom stereocenters. The highest BCUT2D eigenvalue weighted by Crippen LogP contribution is 2.22. The molecule has 0 saturated carbocycles. The number of hydrogen-bond acceptors (Lipinski definition) is 2. The third kappa shape index (κ3) is 2.67. The Labute approximate surface area is 124 Å². The van der Waals surface area contributed by atoms with Crippen molar-refractivity contribution in [2.75, 3.05) is 6.54 Å². The van der Waals surface area contributed by atoms with Gasteiger partial charge >= 0.3 is 0 Å². The Bertz CT molecular complexity index is 791. The average Bonchev–Trinajstić information content (AvgIpc) is 2.93. The molecule has 3 rings (SSSR count). The summed E-state index contributed by atoms with van der Waals surface area (Å²) in [5, 5.41) is 10.1. The second-order valence-electron chi connectivity index (χ2n) is 5.15. The third-order valence-corrected chi connectivity index (χ3v) is 3.72. The van der Waals surface area contributed by atoms with Gasteiger partial charge in [-0.2, -0.15) is 5.26 Å². The number of fused-ring (bicyclic) bond motifs is 1. The Balaban J connectivity index is 1.98. The van der Waals surface area contributed by atoms with Crippen molar-refractivity contribution in [2.45, 2.75) is 13.0 Å². The van der Waals surface area contributed by atoms with Gasteiger partial charge < -0.3 is 10.3 Å². The first-order valence-corrected chi connectivity index (χ1v) is 7.07. The smallest absolute Gasteiger partial charge is 0.0991 e. The zero-order valence-corrected chi connectivity index (χ0v) is 11.8. The van der Waals surface area contributed by atoms with Crippen LogP contribution in [-0.2, 0) is 13.0 Å². The SMILES string of the molecule is N#Cc1ccc(Cn2ccc3cccc(CCN)c32)cc1. The van der Waals surface area contributed by atoms with E-state index in [1.54, 1.807) is 0 Å². The summed E-state index contributed by atoms with van der Waals surface area (Å²) < 4.78 is 2.25. The molecule has 1 aromatic heterocycles. The molecule has 0 fully saturated rings. The van der Waals surface area contributed by atoms with E-state index in [4.69, 9.17) is 11.0 Å². The van der Waals surface area contributed by atoms with Crippen molar-refractivity contribution in [3.63, 3.8) is 0 Å². The fourth-order valence-corrected chi connectivity index (χ4v) is 2.71. The highest BCUT2D eigenvalue weighted by atomic mass is 15.0. The summed E-state index contributed by atoms with van der Waals surface area (Å²) in [6, 6.07) is 18.4. The number of para-hydroxylation sites is 1. The van der Waals surface area contributed by atoms with E-state index in [0.717, 1.165) is 13.0 Å². The standard InChI is InChI=1S/C18H17N3/c19-10-8-16-2-1-3-17-9-11-21(18(16)17)13-15-6-4-14(12-20)5-7-15/h1-7,9,11H,8,10,13,19H2. The van der Waals surface area contributed by atoms with Crippen LogP contribution in [0.5, 0.6) is 0 Å². The van der Waals surface area contributed by atoms with Gasteiger partial charge in [0.05, 0.1) is 17.1 Å². The van der Waals surface area contributed by atoms with E-state index in [1.165, 1.54) is 22.0 Å². The van der Waals surface area contributed by atoms with Crippen LogP contribution in [0.25, 0.3) is 10.9 Å². The second kappa shape index (κ2) is 5.82. The maximum Gasteiger partial charge on any atom is 0.0991 e. The van der Waals surface area contributed by atoms with Crippen molar-refractivity contribution in [2.24, 2.45) is 5.73 Å². The highest BCUT2D eigenvalue weighted by Gasteiger charge is 2.06. The van der Waals surface area contributed by atoms with Crippen molar-refractivity contribution in [3.8, 4) is 6.07 Å². The van der Waals surface area contributed by atoms with Crippen LogP contribution in [0.4, 0.5) is 0 Å². The molecule has 0 aliphatic heterocycles. The monoisotopic (exact) mass is 275 g/mol. The van der Waals surface area contributed by atoms with Gasteiger partial charge in [-0.15, -0.1) is 0 Å². The molecule has 2 N–H and O–H groups in total. The van der Waals surface area contributed by atoms with Crippen LogP contribution in [0.3, 0.4) is 0 Å². The van der Waals surface area contributed by atoms with Crippen LogP contribution in [-0.4, -0.2) is 11.1 Å². The number of hydrogen-bond donors (Lipinski definition) is 1. The van der Waals surface area contributed by atoms with E-state index < -0.39 is 0 Å². The quantitative estimate of drug-likeness (QED) is 0.795. The first-order chi connectivity index (χ1) is 10.3. The predicted molar refractivity (Wildman–Crippen MR) is 85.0 cm³/mol. The summed E-state index contributed by atoms with van der Waals surface area (Å²) in [5.74, 6) is 0. The molecule has 0 spiro atoms. The van der Waals surface area contributed by atoms with E-state index in [-0.39, 0.29) is 0 Å². The van der Waals surface area contributed by atoms with Crippen LogP contribution in [0.1, 0.15) is 16.7 Å². The zero-order valence-electron chi connectivity index (χ0n) is 11.8. The maximum atomic E-state index is 8.85. The van der Waals surface area contributed by atoms with Gasteiger partial charge in [-0.05, 0) is 47.7 Å². The molecule has 3 aromatic rings. The second-order valence-corrected chi connectivity index (χ2v) is 5.15.